The topological polar surface area (TPSA) is 102 Å². The summed E-state index contributed by atoms with van der Waals surface area (Å²) in [5, 5.41) is 3.91. The van der Waals surface area contributed by atoms with Gasteiger partial charge in [0, 0.05) is 4.88 Å². The highest BCUT2D eigenvalue weighted by molar-refractivity contribution is 7.18. The summed E-state index contributed by atoms with van der Waals surface area (Å²) < 4.78 is 4.97. The van der Waals surface area contributed by atoms with E-state index >= 15 is 0 Å². The van der Waals surface area contributed by atoms with Crippen LogP contribution in [0.5, 0.6) is 0 Å². The van der Waals surface area contributed by atoms with E-state index in [4.69, 9.17) is 10.6 Å². The Bertz CT molecular complexity index is 628. The molecule has 0 spiro atoms. The minimum absolute atomic E-state index is 0.304. The number of nitrogens with one attached hydrogen (secondary N) is 2. The summed E-state index contributed by atoms with van der Waals surface area (Å²) in [6.07, 6.45) is 0. The number of carbonyl (C=O) groups excluding carboxylic acids is 1. The first-order chi connectivity index (χ1) is 9.55. The van der Waals surface area contributed by atoms with E-state index in [1.54, 1.807) is 13.8 Å². The maximum Gasteiger partial charge on any atom is 0.328 e. The van der Waals surface area contributed by atoms with Crippen LogP contribution in [0.4, 0.5) is 11.8 Å². The Morgan fingerprint density at radius 1 is 1.55 bits per heavy atom. The monoisotopic (exact) mass is 295 g/mol. The molecule has 2 aromatic rings. The van der Waals surface area contributed by atoms with Crippen molar-refractivity contribution in [2.24, 2.45) is 5.84 Å². The van der Waals surface area contributed by atoms with E-state index in [0.29, 0.717) is 18.4 Å². The molecule has 2 heterocycles. The fourth-order valence-electron chi connectivity index (χ4n) is 1.75. The molecular formula is C12H17N5O2S. The molecule has 8 heteroatoms. The van der Waals surface area contributed by atoms with E-state index in [2.05, 4.69) is 20.7 Å². The van der Waals surface area contributed by atoms with Crippen LogP contribution >= 0.6 is 11.3 Å². The molecule has 0 fully saturated rings. The Morgan fingerprint density at radius 2 is 2.30 bits per heavy atom. The van der Waals surface area contributed by atoms with Crippen LogP contribution in [0.2, 0.25) is 0 Å². The highest BCUT2D eigenvalue weighted by atomic mass is 32.1. The lowest BCUT2D eigenvalue weighted by atomic mass is 10.3. The van der Waals surface area contributed by atoms with Gasteiger partial charge in [-0.2, -0.15) is 4.98 Å². The zero-order chi connectivity index (χ0) is 14.7. The average molecular weight is 295 g/mol. The zero-order valence-electron chi connectivity index (χ0n) is 11.6. The van der Waals surface area contributed by atoms with Crippen molar-refractivity contribution >= 4 is 39.3 Å². The second-order valence-corrected chi connectivity index (χ2v) is 5.47. The number of aryl methyl sites for hydroxylation is 1. The van der Waals surface area contributed by atoms with Gasteiger partial charge in [0.25, 0.3) is 0 Å². The minimum Gasteiger partial charge on any atom is -0.464 e. The van der Waals surface area contributed by atoms with E-state index in [1.165, 1.54) is 11.3 Å². The van der Waals surface area contributed by atoms with Gasteiger partial charge in [0.1, 0.15) is 16.7 Å². The number of anilines is 2. The van der Waals surface area contributed by atoms with Crippen molar-refractivity contribution in [2.45, 2.75) is 26.8 Å². The number of nitrogens with zero attached hydrogens (tertiary/aromatic N) is 2. The van der Waals surface area contributed by atoms with Crippen LogP contribution in [0.1, 0.15) is 18.7 Å². The molecule has 2 rings (SSSR count). The van der Waals surface area contributed by atoms with Crippen molar-refractivity contribution in [1.82, 2.24) is 9.97 Å². The van der Waals surface area contributed by atoms with Crippen molar-refractivity contribution in [2.75, 3.05) is 17.3 Å². The van der Waals surface area contributed by atoms with Crippen LogP contribution < -0.4 is 16.6 Å². The molecule has 2 aromatic heterocycles. The van der Waals surface area contributed by atoms with Crippen molar-refractivity contribution in [3.8, 4) is 0 Å². The van der Waals surface area contributed by atoms with Crippen molar-refractivity contribution in [3.05, 3.63) is 10.9 Å². The molecule has 4 N–H and O–H groups in total. The standard InChI is InChI=1S/C12H17N5O2S/c1-4-19-11(18)7(3)14-9-8-5-6(2)20-10(8)16-12(15-9)17-13/h5,7H,4,13H2,1-3H3,(H2,14,15,16,17). The van der Waals surface area contributed by atoms with Gasteiger partial charge in [-0.05, 0) is 26.8 Å². The first kappa shape index (κ1) is 14.5. The number of hydrogen-bond acceptors (Lipinski definition) is 8. The van der Waals surface area contributed by atoms with E-state index in [9.17, 15) is 4.79 Å². The molecule has 20 heavy (non-hydrogen) atoms. The fourth-order valence-corrected chi connectivity index (χ4v) is 2.63. The molecule has 108 valence electrons. The van der Waals surface area contributed by atoms with E-state index < -0.39 is 6.04 Å². The van der Waals surface area contributed by atoms with Crippen LogP contribution in [0, 0.1) is 6.92 Å². The molecule has 0 saturated carbocycles. The number of rotatable bonds is 5. The molecule has 1 atom stereocenters. The smallest absolute Gasteiger partial charge is 0.328 e. The van der Waals surface area contributed by atoms with Crippen LogP contribution in [-0.2, 0) is 9.53 Å². The molecule has 1 unspecified atom stereocenters. The fraction of sp³-hybridized carbons (Fsp3) is 0.417. The molecular weight excluding hydrogens is 278 g/mol. The lowest BCUT2D eigenvalue weighted by Crippen LogP contribution is -2.28. The highest BCUT2D eigenvalue weighted by Gasteiger charge is 2.17. The molecule has 0 aliphatic heterocycles. The van der Waals surface area contributed by atoms with Gasteiger partial charge in [-0.3, -0.25) is 5.43 Å². The lowest BCUT2D eigenvalue weighted by molar-refractivity contribution is -0.143. The summed E-state index contributed by atoms with van der Waals surface area (Å²) in [6.45, 7) is 5.82. The van der Waals surface area contributed by atoms with E-state index in [0.717, 1.165) is 15.1 Å². The summed E-state index contributed by atoms with van der Waals surface area (Å²) in [5.41, 5.74) is 2.42. The van der Waals surface area contributed by atoms with Gasteiger partial charge in [0.15, 0.2) is 0 Å². The number of esters is 1. The molecule has 0 radical (unpaired) electrons. The second kappa shape index (κ2) is 6.02. The van der Waals surface area contributed by atoms with Crippen molar-refractivity contribution < 1.29 is 9.53 Å². The third-order valence-corrected chi connectivity index (χ3v) is 3.58. The third kappa shape index (κ3) is 2.97. The number of nitrogen functional groups attached to an aromatic ring is 1. The maximum absolute atomic E-state index is 11.7. The van der Waals surface area contributed by atoms with Gasteiger partial charge in [-0.25, -0.2) is 15.6 Å². The highest BCUT2D eigenvalue weighted by Crippen LogP contribution is 2.29. The Kier molecular flexibility index (Phi) is 4.35. The molecule has 0 amide bonds. The minimum atomic E-state index is -0.501. The maximum atomic E-state index is 11.7. The van der Waals surface area contributed by atoms with Gasteiger partial charge in [-0.1, -0.05) is 0 Å². The molecule has 7 nitrogen and oxygen atoms in total. The molecule has 0 aromatic carbocycles. The summed E-state index contributed by atoms with van der Waals surface area (Å²) in [7, 11) is 0. The van der Waals surface area contributed by atoms with Crippen LogP contribution in [0.25, 0.3) is 10.2 Å². The number of thiophene rings is 1. The number of fused-ring (bicyclic) bond motifs is 1. The zero-order valence-corrected chi connectivity index (χ0v) is 12.4. The number of nitrogens with two attached hydrogens (primary N) is 1. The number of carbonyl (C=O) groups is 1. The Hall–Kier alpha value is -1.93. The summed E-state index contributed by atoms with van der Waals surface area (Å²) >= 11 is 1.54. The molecule has 0 bridgehead atoms. The molecule has 0 saturated heterocycles. The van der Waals surface area contributed by atoms with Gasteiger partial charge in [0.2, 0.25) is 5.95 Å². The largest absolute Gasteiger partial charge is 0.464 e. The molecule has 0 aliphatic carbocycles. The summed E-state index contributed by atoms with van der Waals surface area (Å²) in [5.74, 6) is 5.91. The van der Waals surface area contributed by atoms with E-state index in [1.807, 2.05) is 13.0 Å². The van der Waals surface area contributed by atoms with Gasteiger partial charge < -0.3 is 10.1 Å². The number of hydrazine groups is 1. The van der Waals surface area contributed by atoms with Crippen LogP contribution in [0.3, 0.4) is 0 Å². The molecule has 0 aliphatic rings. The Balaban J connectivity index is 2.34. The SMILES string of the molecule is CCOC(=O)C(C)Nc1nc(NN)nc2sc(C)cc12. The van der Waals surface area contributed by atoms with Gasteiger partial charge in [-0.15, -0.1) is 11.3 Å². The number of hydrogen-bond donors (Lipinski definition) is 3. The predicted molar refractivity (Wildman–Crippen MR) is 79.7 cm³/mol. The van der Waals surface area contributed by atoms with Crippen LogP contribution in [0.15, 0.2) is 6.07 Å². The second-order valence-electron chi connectivity index (χ2n) is 4.23. The quantitative estimate of drug-likeness (QED) is 0.438. The Morgan fingerprint density at radius 3 is 2.95 bits per heavy atom. The first-order valence-electron chi connectivity index (χ1n) is 6.23. The third-order valence-electron chi connectivity index (χ3n) is 2.64. The van der Waals surface area contributed by atoms with Crippen molar-refractivity contribution in [1.29, 1.82) is 0 Å². The van der Waals surface area contributed by atoms with Crippen molar-refractivity contribution in [3.63, 3.8) is 0 Å². The van der Waals surface area contributed by atoms with Gasteiger partial charge in [0.05, 0.1) is 12.0 Å². The van der Waals surface area contributed by atoms with Crippen LogP contribution in [-0.4, -0.2) is 28.6 Å². The first-order valence-corrected chi connectivity index (χ1v) is 7.04. The average Bonchev–Trinajstić information content (AvgIpc) is 2.79. The Labute approximate surface area is 120 Å². The normalized spacial score (nSPS) is 12.2. The van der Waals surface area contributed by atoms with E-state index in [-0.39, 0.29) is 5.97 Å². The summed E-state index contributed by atoms with van der Waals surface area (Å²) in [4.78, 5) is 22.1. The van der Waals surface area contributed by atoms with Gasteiger partial charge >= 0.3 is 5.97 Å². The summed E-state index contributed by atoms with van der Waals surface area (Å²) in [6, 6.07) is 1.47. The lowest BCUT2D eigenvalue weighted by Gasteiger charge is -2.14. The predicted octanol–water partition coefficient (Wildman–Crippen LogP) is 1.65. The number of ether oxygens (including phenoxy) is 1. The number of aromatic nitrogens is 2.